The van der Waals surface area contributed by atoms with Crippen molar-refractivity contribution in [3.8, 4) is 10.7 Å². The van der Waals surface area contributed by atoms with E-state index in [0.717, 1.165) is 10.6 Å². The maximum absolute atomic E-state index is 12.4. The second kappa shape index (κ2) is 6.26. The van der Waals surface area contributed by atoms with E-state index in [9.17, 15) is 14.9 Å². The van der Waals surface area contributed by atoms with E-state index in [1.807, 2.05) is 22.4 Å². The third kappa shape index (κ3) is 3.11. The summed E-state index contributed by atoms with van der Waals surface area (Å²) >= 11 is 1.53. The quantitative estimate of drug-likeness (QED) is 0.567. The molecule has 0 unspecified atom stereocenters. The normalized spacial score (nSPS) is 14.4. The molecule has 9 heteroatoms. The average Bonchev–Trinajstić information content (AvgIpc) is 3.27. The Morgan fingerprint density at radius 2 is 2.28 bits per heavy atom. The Morgan fingerprint density at radius 3 is 3.00 bits per heavy atom. The Bertz CT molecular complexity index is 976. The number of fused-ring (bicyclic) bond motifs is 1. The van der Waals surface area contributed by atoms with Crippen LogP contribution in [0.3, 0.4) is 0 Å². The molecule has 4 rings (SSSR count). The van der Waals surface area contributed by atoms with Gasteiger partial charge in [-0.2, -0.15) is 0 Å². The van der Waals surface area contributed by atoms with Gasteiger partial charge in [0.05, 0.1) is 28.7 Å². The van der Waals surface area contributed by atoms with Crippen LogP contribution in [0, 0.1) is 10.1 Å². The van der Waals surface area contributed by atoms with E-state index in [4.69, 9.17) is 4.42 Å². The molecule has 0 amide bonds. The molecule has 0 radical (unpaired) electrons. The fraction of sp³-hybridized carbons (Fsp3) is 0.250. The van der Waals surface area contributed by atoms with Crippen molar-refractivity contribution in [3.05, 3.63) is 67.1 Å². The zero-order chi connectivity index (χ0) is 17.4. The third-order valence-electron chi connectivity index (χ3n) is 4.11. The summed E-state index contributed by atoms with van der Waals surface area (Å²) in [5, 5.41) is 12.6. The summed E-state index contributed by atoms with van der Waals surface area (Å²) < 4.78 is 5.19. The highest BCUT2D eigenvalue weighted by molar-refractivity contribution is 7.13. The first-order chi connectivity index (χ1) is 12.1. The number of aromatic amines is 1. The monoisotopic (exact) mass is 358 g/mol. The van der Waals surface area contributed by atoms with Crippen molar-refractivity contribution >= 4 is 17.2 Å². The van der Waals surface area contributed by atoms with Crippen LogP contribution >= 0.6 is 11.3 Å². The highest BCUT2D eigenvalue weighted by Crippen LogP contribution is 2.24. The Hall–Kier alpha value is -2.78. The predicted octanol–water partition coefficient (Wildman–Crippen LogP) is 2.56. The topological polar surface area (TPSA) is 105 Å². The fourth-order valence-corrected chi connectivity index (χ4v) is 3.59. The van der Waals surface area contributed by atoms with Crippen molar-refractivity contribution in [1.29, 1.82) is 0 Å². The second-order valence-electron chi connectivity index (χ2n) is 5.77. The SMILES string of the molecule is O=c1[nH]c(-c2cccs2)nc2c1CN(Cc1ccc([N+](=O)[O-])o1)CC2. The van der Waals surface area contributed by atoms with Gasteiger partial charge in [0.25, 0.3) is 5.56 Å². The minimum absolute atomic E-state index is 0.136. The molecule has 1 aliphatic rings. The zero-order valence-electron chi connectivity index (χ0n) is 13.1. The van der Waals surface area contributed by atoms with Crippen molar-refractivity contribution < 1.29 is 9.34 Å². The summed E-state index contributed by atoms with van der Waals surface area (Å²) in [6.07, 6.45) is 0.653. The van der Waals surface area contributed by atoms with E-state index in [0.29, 0.717) is 43.2 Å². The van der Waals surface area contributed by atoms with Crippen molar-refractivity contribution in [2.45, 2.75) is 19.5 Å². The average molecular weight is 358 g/mol. The van der Waals surface area contributed by atoms with Crippen LogP contribution in [0.4, 0.5) is 5.88 Å². The number of H-pyrrole nitrogens is 1. The summed E-state index contributed by atoms with van der Waals surface area (Å²) in [5.41, 5.74) is 1.32. The van der Waals surface area contributed by atoms with Gasteiger partial charge >= 0.3 is 5.88 Å². The molecule has 0 aromatic carbocycles. The molecule has 4 heterocycles. The molecule has 0 saturated carbocycles. The van der Waals surface area contributed by atoms with Crippen LogP contribution in [-0.2, 0) is 19.5 Å². The Morgan fingerprint density at radius 1 is 1.40 bits per heavy atom. The molecule has 128 valence electrons. The van der Waals surface area contributed by atoms with Crippen molar-refractivity contribution in [3.63, 3.8) is 0 Å². The van der Waals surface area contributed by atoms with E-state index >= 15 is 0 Å². The molecule has 0 fully saturated rings. The molecule has 0 aliphatic carbocycles. The zero-order valence-corrected chi connectivity index (χ0v) is 13.9. The molecular formula is C16H14N4O4S. The standard InChI is InChI=1S/C16H14N4O4S/c21-16-11-9-19(8-10-3-4-14(24-10)20(22)23)6-5-12(11)17-15(18-16)13-2-1-7-25-13/h1-4,7H,5-6,8-9H2,(H,17,18,21). The number of thiophene rings is 1. The molecule has 3 aromatic heterocycles. The number of aromatic nitrogens is 2. The number of nitrogens with zero attached hydrogens (tertiary/aromatic N) is 3. The van der Waals surface area contributed by atoms with Gasteiger partial charge in [-0.3, -0.25) is 19.8 Å². The van der Waals surface area contributed by atoms with Gasteiger partial charge in [-0.15, -0.1) is 11.3 Å². The Labute approximate surface area is 145 Å². The number of nitro groups is 1. The fourth-order valence-electron chi connectivity index (χ4n) is 2.92. The lowest BCUT2D eigenvalue weighted by molar-refractivity contribution is -0.402. The molecular weight excluding hydrogens is 344 g/mol. The second-order valence-corrected chi connectivity index (χ2v) is 6.72. The van der Waals surface area contributed by atoms with Crippen LogP contribution in [0.1, 0.15) is 17.0 Å². The highest BCUT2D eigenvalue weighted by Gasteiger charge is 2.23. The van der Waals surface area contributed by atoms with Gasteiger partial charge in [-0.05, 0) is 17.5 Å². The van der Waals surface area contributed by atoms with Gasteiger partial charge in [-0.25, -0.2) is 4.98 Å². The van der Waals surface area contributed by atoms with Crippen LogP contribution in [0.2, 0.25) is 0 Å². The molecule has 1 aliphatic heterocycles. The maximum Gasteiger partial charge on any atom is 0.433 e. The smallest absolute Gasteiger partial charge is 0.404 e. The first kappa shape index (κ1) is 15.7. The lowest BCUT2D eigenvalue weighted by Crippen LogP contribution is -2.35. The van der Waals surface area contributed by atoms with E-state index in [2.05, 4.69) is 9.97 Å². The van der Waals surface area contributed by atoms with Gasteiger partial charge in [-0.1, -0.05) is 6.07 Å². The number of nitrogens with one attached hydrogen (secondary N) is 1. The minimum atomic E-state index is -0.560. The first-order valence-electron chi connectivity index (χ1n) is 7.71. The predicted molar refractivity (Wildman–Crippen MR) is 91.4 cm³/mol. The van der Waals surface area contributed by atoms with E-state index in [1.165, 1.54) is 17.4 Å². The van der Waals surface area contributed by atoms with Crippen LogP contribution in [0.15, 0.2) is 38.9 Å². The highest BCUT2D eigenvalue weighted by atomic mass is 32.1. The molecule has 8 nitrogen and oxygen atoms in total. The van der Waals surface area contributed by atoms with Gasteiger partial charge < -0.3 is 9.40 Å². The minimum Gasteiger partial charge on any atom is -0.404 e. The number of furan rings is 1. The Kier molecular flexibility index (Phi) is 3.94. The molecule has 0 atom stereocenters. The lowest BCUT2D eigenvalue weighted by Gasteiger charge is -2.26. The summed E-state index contributed by atoms with van der Waals surface area (Å²) in [6, 6.07) is 6.78. The maximum atomic E-state index is 12.4. The van der Waals surface area contributed by atoms with Gasteiger partial charge in [0.2, 0.25) is 0 Å². The summed E-state index contributed by atoms with van der Waals surface area (Å²) in [4.78, 5) is 33.0. The van der Waals surface area contributed by atoms with E-state index < -0.39 is 4.92 Å². The number of hydrogen-bond acceptors (Lipinski definition) is 7. The van der Waals surface area contributed by atoms with Crippen molar-refractivity contribution in [2.75, 3.05) is 6.54 Å². The molecule has 1 N–H and O–H groups in total. The lowest BCUT2D eigenvalue weighted by atomic mass is 10.1. The van der Waals surface area contributed by atoms with Gasteiger partial charge in [0.1, 0.15) is 10.7 Å². The first-order valence-corrected chi connectivity index (χ1v) is 8.59. The molecule has 0 saturated heterocycles. The molecule has 3 aromatic rings. The Balaban J connectivity index is 1.55. The van der Waals surface area contributed by atoms with Crippen molar-refractivity contribution in [2.24, 2.45) is 0 Å². The molecule has 0 spiro atoms. The van der Waals surface area contributed by atoms with Crippen LogP contribution < -0.4 is 5.56 Å². The van der Waals surface area contributed by atoms with Crippen LogP contribution in [0.25, 0.3) is 10.7 Å². The number of hydrogen-bond donors (Lipinski definition) is 1. The van der Waals surface area contributed by atoms with E-state index in [-0.39, 0.29) is 11.4 Å². The van der Waals surface area contributed by atoms with Crippen LogP contribution in [0.5, 0.6) is 0 Å². The molecule has 25 heavy (non-hydrogen) atoms. The summed E-state index contributed by atoms with van der Waals surface area (Å²) in [5.74, 6) is 0.844. The van der Waals surface area contributed by atoms with Crippen LogP contribution in [-0.4, -0.2) is 26.3 Å². The molecule has 0 bridgehead atoms. The largest absolute Gasteiger partial charge is 0.433 e. The summed E-state index contributed by atoms with van der Waals surface area (Å²) in [7, 11) is 0. The van der Waals surface area contributed by atoms with Crippen molar-refractivity contribution in [1.82, 2.24) is 14.9 Å². The summed E-state index contributed by atoms with van der Waals surface area (Å²) in [6.45, 7) is 1.57. The number of rotatable bonds is 4. The van der Waals surface area contributed by atoms with Gasteiger partial charge in [0, 0.05) is 19.5 Å². The van der Waals surface area contributed by atoms with E-state index in [1.54, 1.807) is 6.07 Å². The third-order valence-corrected chi connectivity index (χ3v) is 4.99. The van der Waals surface area contributed by atoms with Gasteiger partial charge in [0.15, 0.2) is 5.82 Å².